The molecule has 0 amide bonds. The maximum atomic E-state index is 6.41. The van der Waals surface area contributed by atoms with Crippen molar-refractivity contribution < 1.29 is 8.85 Å². The van der Waals surface area contributed by atoms with Crippen molar-refractivity contribution in [1.29, 1.82) is 0 Å². The monoisotopic (exact) mass is 256 g/mol. The molecule has 0 aromatic heterocycles. The molecule has 0 unspecified atom stereocenters. The van der Waals surface area contributed by atoms with Crippen LogP contribution in [0.1, 0.15) is 64.7 Å². The summed E-state index contributed by atoms with van der Waals surface area (Å²) in [5, 5.41) is 0. The van der Waals surface area contributed by atoms with Crippen LogP contribution in [0.4, 0.5) is 0 Å². The predicted octanol–water partition coefficient (Wildman–Crippen LogP) is 4.39. The van der Waals surface area contributed by atoms with E-state index in [1.54, 1.807) is 0 Å². The lowest BCUT2D eigenvalue weighted by atomic mass is 10.3. The Morgan fingerprint density at radius 1 is 0.941 bits per heavy atom. The molecule has 0 aliphatic heterocycles. The van der Waals surface area contributed by atoms with Crippen LogP contribution in [0.3, 0.4) is 0 Å². The molecular formula is C14H28O2Si. The van der Waals surface area contributed by atoms with Gasteiger partial charge in [0.25, 0.3) is 0 Å². The van der Waals surface area contributed by atoms with E-state index in [4.69, 9.17) is 8.85 Å². The second-order valence-corrected chi connectivity index (χ2v) is 9.51. The van der Waals surface area contributed by atoms with E-state index in [0.29, 0.717) is 0 Å². The SMILES string of the molecule is CCCO[Si](OC)(C1CCCC1)C1CCCC1. The van der Waals surface area contributed by atoms with Crippen LogP contribution in [0, 0.1) is 0 Å². The molecule has 0 N–H and O–H groups in total. The normalized spacial score (nSPS) is 23.6. The molecule has 2 saturated carbocycles. The Labute approximate surface area is 107 Å². The molecule has 0 saturated heterocycles. The Morgan fingerprint density at radius 2 is 1.41 bits per heavy atom. The first-order valence-corrected chi connectivity index (χ1v) is 9.49. The molecule has 0 atom stereocenters. The van der Waals surface area contributed by atoms with Crippen LogP contribution in [0.5, 0.6) is 0 Å². The topological polar surface area (TPSA) is 18.5 Å². The quantitative estimate of drug-likeness (QED) is 0.656. The van der Waals surface area contributed by atoms with Crippen molar-refractivity contribution in [3.8, 4) is 0 Å². The largest absolute Gasteiger partial charge is 0.397 e. The van der Waals surface area contributed by atoms with Crippen molar-refractivity contribution in [2.45, 2.75) is 75.8 Å². The molecule has 100 valence electrons. The van der Waals surface area contributed by atoms with Gasteiger partial charge in [-0.15, -0.1) is 0 Å². The first kappa shape index (κ1) is 13.6. The average molecular weight is 256 g/mol. The van der Waals surface area contributed by atoms with Crippen LogP contribution in [0.2, 0.25) is 11.1 Å². The van der Waals surface area contributed by atoms with E-state index >= 15 is 0 Å². The van der Waals surface area contributed by atoms with Crippen LogP contribution >= 0.6 is 0 Å². The standard InChI is InChI=1S/C14H28O2Si/c1-3-12-16-17(15-2,13-8-4-5-9-13)14-10-6-7-11-14/h13-14H,3-12H2,1-2H3. The average Bonchev–Trinajstić information content (AvgIpc) is 3.04. The van der Waals surface area contributed by atoms with Gasteiger partial charge in [0.1, 0.15) is 0 Å². The van der Waals surface area contributed by atoms with Gasteiger partial charge in [-0.05, 0) is 32.1 Å². The van der Waals surface area contributed by atoms with E-state index in [9.17, 15) is 0 Å². The van der Waals surface area contributed by atoms with Gasteiger partial charge in [0.05, 0.1) is 0 Å². The fraction of sp³-hybridized carbons (Fsp3) is 1.00. The maximum absolute atomic E-state index is 6.41. The Hall–Kier alpha value is 0.137. The first-order chi connectivity index (χ1) is 8.33. The molecule has 0 heterocycles. The zero-order valence-electron chi connectivity index (χ0n) is 11.5. The summed E-state index contributed by atoms with van der Waals surface area (Å²) in [5.74, 6) is 0. The summed E-state index contributed by atoms with van der Waals surface area (Å²) >= 11 is 0. The predicted molar refractivity (Wildman–Crippen MR) is 73.4 cm³/mol. The molecule has 17 heavy (non-hydrogen) atoms. The van der Waals surface area contributed by atoms with Crippen LogP contribution < -0.4 is 0 Å². The van der Waals surface area contributed by atoms with Gasteiger partial charge >= 0.3 is 8.56 Å². The van der Waals surface area contributed by atoms with Gasteiger partial charge in [0.15, 0.2) is 0 Å². The number of hydrogen-bond donors (Lipinski definition) is 0. The molecule has 3 heteroatoms. The third-order valence-electron chi connectivity index (χ3n) is 4.70. The Balaban J connectivity index is 2.11. The highest BCUT2D eigenvalue weighted by atomic mass is 28.4. The Morgan fingerprint density at radius 3 is 1.76 bits per heavy atom. The molecule has 0 radical (unpaired) electrons. The molecule has 0 bridgehead atoms. The van der Waals surface area contributed by atoms with Crippen molar-refractivity contribution in [2.24, 2.45) is 0 Å². The third kappa shape index (κ3) is 2.77. The van der Waals surface area contributed by atoms with Crippen molar-refractivity contribution in [3.63, 3.8) is 0 Å². The number of rotatable bonds is 6. The minimum atomic E-state index is -1.92. The van der Waals surface area contributed by atoms with Gasteiger partial charge < -0.3 is 8.85 Å². The van der Waals surface area contributed by atoms with Gasteiger partial charge in [-0.3, -0.25) is 0 Å². The Kier molecular flexibility index (Phi) is 5.06. The van der Waals surface area contributed by atoms with E-state index in [-0.39, 0.29) is 0 Å². The van der Waals surface area contributed by atoms with E-state index in [0.717, 1.165) is 24.1 Å². The van der Waals surface area contributed by atoms with E-state index in [2.05, 4.69) is 6.92 Å². The molecule has 2 aliphatic carbocycles. The highest BCUT2D eigenvalue weighted by Crippen LogP contribution is 2.50. The van der Waals surface area contributed by atoms with E-state index in [1.807, 2.05) is 7.11 Å². The maximum Gasteiger partial charge on any atom is 0.344 e. The molecule has 2 aliphatic rings. The first-order valence-electron chi connectivity index (χ1n) is 7.52. The highest BCUT2D eigenvalue weighted by Gasteiger charge is 2.52. The minimum absolute atomic E-state index is 0.780. The molecule has 0 spiro atoms. The second kappa shape index (κ2) is 6.35. The number of hydrogen-bond acceptors (Lipinski definition) is 2. The summed E-state index contributed by atoms with van der Waals surface area (Å²) < 4.78 is 12.5. The molecular weight excluding hydrogens is 228 g/mol. The lowest BCUT2D eigenvalue weighted by Gasteiger charge is -2.39. The minimum Gasteiger partial charge on any atom is -0.397 e. The van der Waals surface area contributed by atoms with Crippen molar-refractivity contribution in [3.05, 3.63) is 0 Å². The summed E-state index contributed by atoms with van der Waals surface area (Å²) in [4.78, 5) is 0. The molecule has 2 rings (SSSR count). The lowest BCUT2D eigenvalue weighted by molar-refractivity contribution is 0.175. The summed E-state index contributed by atoms with van der Waals surface area (Å²) in [7, 11) is 0.00476. The van der Waals surface area contributed by atoms with Crippen LogP contribution in [0.15, 0.2) is 0 Å². The molecule has 0 aromatic carbocycles. The van der Waals surface area contributed by atoms with Gasteiger partial charge in [-0.2, -0.15) is 0 Å². The van der Waals surface area contributed by atoms with Crippen molar-refractivity contribution in [1.82, 2.24) is 0 Å². The van der Waals surface area contributed by atoms with Gasteiger partial charge in [-0.25, -0.2) is 0 Å². The summed E-state index contributed by atoms with van der Waals surface area (Å²) in [6.45, 7) is 3.12. The Bertz CT molecular complexity index is 204. The lowest BCUT2D eigenvalue weighted by Crippen LogP contribution is -2.49. The molecule has 2 fully saturated rings. The molecule has 2 nitrogen and oxygen atoms in total. The van der Waals surface area contributed by atoms with Crippen LogP contribution in [-0.2, 0) is 8.85 Å². The van der Waals surface area contributed by atoms with Crippen molar-refractivity contribution in [2.75, 3.05) is 13.7 Å². The summed E-state index contributed by atoms with van der Waals surface area (Å²) in [5.41, 5.74) is 1.56. The van der Waals surface area contributed by atoms with Gasteiger partial charge in [0, 0.05) is 24.8 Å². The van der Waals surface area contributed by atoms with Gasteiger partial charge in [0.2, 0.25) is 0 Å². The van der Waals surface area contributed by atoms with E-state index < -0.39 is 8.56 Å². The third-order valence-corrected chi connectivity index (χ3v) is 9.42. The zero-order valence-corrected chi connectivity index (χ0v) is 12.5. The van der Waals surface area contributed by atoms with Crippen molar-refractivity contribution >= 4 is 8.56 Å². The fourth-order valence-electron chi connectivity index (χ4n) is 3.88. The second-order valence-electron chi connectivity index (χ2n) is 5.74. The fourth-order valence-corrected chi connectivity index (χ4v) is 8.75. The highest BCUT2D eigenvalue weighted by molar-refractivity contribution is 6.70. The van der Waals surface area contributed by atoms with Crippen LogP contribution in [-0.4, -0.2) is 22.3 Å². The molecule has 0 aromatic rings. The van der Waals surface area contributed by atoms with Gasteiger partial charge in [-0.1, -0.05) is 32.6 Å². The summed E-state index contributed by atoms with van der Waals surface area (Å²) in [6, 6.07) is 0. The zero-order chi connectivity index (χ0) is 12.1. The van der Waals surface area contributed by atoms with Crippen LogP contribution in [0.25, 0.3) is 0 Å². The summed E-state index contributed by atoms with van der Waals surface area (Å²) in [6.07, 6.45) is 12.1. The smallest absolute Gasteiger partial charge is 0.344 e. The van der Waals surface area contributed by atoms with E-state index in [1.165, 1.54) is 51.4 Å².